The Labute approximate surface area is 290 Å². The summed E-state index contributed by atoms with van der Waals surface area (Å²) in [7, 11) is 0. The molecule has 6 rings (SSSR count). The second-order valence-corrected chi connectivity index (χ2v) is 13.7. The number of carbonyl (C=O) groups is 2. The summed E-state index contributed by atoms with van der Waals surface area (Å²) in [5.41, 5.74) is 0.518. The molecule has 2 aromatic carbocycles. The van der Waals surface area contributed by atoms with Gasteiger partial charge in [-0.15, -0.1) is 5.10 Å². The second-order valence-electron chi connectivity index (χ2n) is 13.3. The van der Waals surface area contributed by atoms with Gasteiger partial charge in [-0.1, -0.05) is 18.5 Å². The molecule has 4 heterocycles. The van der Waals surface area contributed by atoms with E-state index in [1.54, 1.807) is 31.4 Å². The maximum absolute atomic E-state index is 14.2. The van der Waals surface area contributed by atoms with Crippen LogP contribution in [-0.4, -0.2) is 62.5 Å². The Kier molecular flexibility index (Phi) is 9.46. The van der Waals surface area contributed by atoms with Crippen molar-refractivity contribution in [2.75, 3.05) is 29.9 Å². The molecular formula is C34H37ClF3N7O5. The highest BCUT2D eigenvalue weighted by molar-refractivity contribution is 6.33. The Morgan fingerprint density at radius 1 is 1.10 bits per heavy atom. The maximum atomic E-state index is 14.2. The van der Waals surface area contributed by atoms with Crippen molar-refractivity contribution >= 4 is 40.8 Å². The number of nitrogens with zero attached hydrogens (tertiary/aromatic N) is 5. The monoisotopic (exact) mass is 715 g/mol. The molecule has 0 aliphatic carbocycles. The molecule has 2 N–H and O–H groups in total. The van der Waals surface area contributed by atoms with Crippen LogP contribution in [-0.2, 0) is 35.1 Å². The molecule has 1 fully saturated rings. The number of alkyl halides is 3. The van der Waals surface area contributed by atoms with Crippen molar-refractivity contribution in [3.63, 3.8) is 0 Å². The Balaban J connectivity index is 1.35. The first-order chi connectivity index (χ1) is 23.6. The molecule has 0 atom stereocenters. The van der Waals surface area contributed by atoms with Gasteiger partial charge in [-0.2, -0.15) is 22.7 Å². The predicted octanol–water partition coefficient (Wildman–Crippen LogP) is 5.86. The molecule has 2 aromatic heterocycles. The van der Waals surface area contributed by atoms with E-state index in [4.69, 9.17) is 26.1 Å². The average Bonchev–Trinajstić information content (AvgIpc) is 3.70. The number of alkyl carbamates (subject to hydrolysis) is 1. The van der Waals surface area contributed by atoms with E-state index < -0.39 is 34.9 Å². The summed E-state index contributed by atoms with van der Waals surface area (Å²) in [5, 5.41) is 9.82. The van der Waals surface area contributed by atoms with Gasteiger partial charge in [-0.05, 0) is 82.0 Å². The van der Waals surface area contributed by atoms with Crippen LogP contribution in [0.4, 0.5) is 29.3 Å². The summed E-state index contributed by atoms with van der Waals surface area (Å²) in [5.74, 6) is 0.571. The average molecular weight is 716 g/mol. The normalized spacial score (nSPS) is 15.2. The Morgan fingerprint density at radius 3 is 2.50 bits per heavy atom. The van der Waals surface area contributed by atoms with Crippen LogP contribution in [0.15, 0.2) is 41.2 Å². The number of aromatic nitrogens is 4. The van der Waals surface area contributed by atoms with E-state index in [1.807, 2.05) is 24.0 Å². The molecule has 0 bridgehead atoms. The summed E-state index contributed by atoms with van der Waals surface area (Å²) in [6, 6.07) is 8.05. The van der Waals surface area contributed by atoms with Crippen molar-refractivity contribution in [3.05, 3.63) is 68.6 Å². The molecule has 1 saturated heterocycles. The van der Waals surface area contributed by atoms with Crippen LogP contribution >= 0.6 is 11.6 Å². The second kappa shape index (κ2) is 13.5. The minimum Gasteiger partial charge on any atom is -0.493 e. The smallest absolute Gasteiger partial charge is 0.416 e. The number of carbonyl (C=O) groups excluding carboxylic acids is 2. The third-order valence-electron chi connectivity index (χ3n) is 8.51. The van der Waals surface area contributed by atoms with E-state index in [9.17, 15) is 27.6 Å². The largest absolute Gasteiger partial charge is 0.493 e. The fraction of sp³-hybridized carbons (Fsp3) is 0.441. The van der Waals surface area contributed by atoms with Gasteiger partial charge in [-0.3, -0.25) is 9.59 Å². The van der Waals surface area contributed by atoms with Gasteiger partial charge in [0.05, 0.1) is 28.6 Å². The molecule has 16 heteroatoms. The van der Waals surface area contributed by atoms with Crippen molar-refractivity contribution < 1.29 is 32.2 Å². The predicted molar refractivity (Wildman–Crippen MR) is 181 cm³/mol. The Hall–Kier alpha value is -4.79. The first-order valence-corrected chi connectivity index (χ1v) is 16.7. The molecule has 0 unspecified atom stereocenters. The van der Waals surface area contributed by atoms with E-state index in [1.165, 1.54) is 4.52 Å². The fourth-order valence-electron chi connectivity index (χ4n) is 6.23. The van der Waals surface area contributed by atoms with Crippen LogP contribution in [0.1, 0.15) is 57.4 Å². The number of anilines is 2. The van der Waals surface area contributed by atoms with Crippen LogP contribution in [0.5, 0.6) is 5.75 Å². The summed E-state index contributed by atoms with van der Waals surface area (Å²) in [6.45, 7) is 8.28. The molecule has 2 aliphatic rings. The van der Waals surface area contributed by atoms with Gasteiger partial charge < -0.3 is 29.6 Å². The van der Waals surface area contributed by atoms with Crippen molar-refractivity contribution in [1.82, 2.24) is 24.5 Å². The molecular weight excluding hydrogens is 679 g/mol. The number of hydrogen-bond acceptors (Lipinski definition) is 8. The number of rotatable bonds is 7. The van der Waals surface area contributed by atoms with Gasteiger partial charge in [-0.25, -0.2) is 4.79 Å². The van der Waals surface area contributed by atoms with Crippen LogP contribution in [0.2, 0.25) is 5.02 Å². The van der Waals surface area contributed by atoms with Gasteiger partial charge in [0.1, 0.15) is 23.6 Å². The highest BCUT2D eigenvalue weighted by atomic mass is 35.5. The lowest BCUT2D eigenvalue weighted by Gasteiger charge is -2.35. The van der Waals surface area contributed by atoms with Crippen LogP contribution in [0, 0.1) is 0 Å². The van der Waals surface area contributed by atoms with Gasteiger partial charge in [0.25, 0.3) is 5.56 Å². The van der Waals surface area contributed by atoms with E-state index in [2.05, 4.69) is 15.7 Å². The van der Waals surface area contributed by atoms with E-state index in [-0.39, 0.29) is 34.9 Å². The summed E-state index contributed by atoms with van der Waals surface area (Å²) in [4.78, 5) is 46.8. The van der Waals surface area contributed by atoms with Crippen molar-refractivity contribution in [3.8, 4) is 17.1 Å². The molecule has 12 nitrogen and oxygen atoms in total. The standard InChI is InChI=1S/C34H37ClF3N7O5/c1-5-25-28(43-13-10-22(11-14-43)39-32(48)50-33(2,3)4)30(47)45-31(41-29(42-45)20-6-9-26-19(16-20)12-15-49-26)44(25)18-27(46)40-24-8-7-21(17-23(24)35)34(36,37)38/h6-9,16-17,22H,5,10-15,18H2,1-4H3,(H,39,48)(H,40,46). The third-order valence-corrected chi connectivity index (χ3v) is 8.83. The van der Waals surface area contributed by atoms with Crippen LogP contribution in [0.25, 0.3) is 17.2 Å². The van der Waals surface area contributed by atoms with Crippen molar-refractivity contribution in [1.29, 1.82) is 0 Å². The number of piperidine rings is 1. The molecule has 4 aromatic rings. The van der Waals surface area contributed by atoms with Gasteiger partial charge >= 0.3 is 12.3 Å². The van der Waals surface area contributed by atoms with Crippen LogP contribution in [0.3, 0.4) is 0 Å². The molecule has 0 spiro atoms. The molecule has 50 heavy (non-hydrogen) atoms. The summed E-state index contributed by atoms with van der Waals surface area (Å²) in [6.07, 6.45) is -2.99. The summed E-state index contributed by atoms with van der Waals surface area (Å²) < 4.78 is 53.4. The van der Waals surface area contributed by atoms with E-state index >= 15 is 0 Å². The number of amides is 2. The molecule has 266 valence electrons. The number of ether oxygens (including phenoxy) is 2. The van der Waals surface area contributed by atoms with Crippen molar-refractivity contribution in [2.45, 2.75) is 77.7 Å². The van der Waals surface area contributed by atoms with Crippen molar-refractivity contribution in [2.24, 2.45) is 0 Å². The van der Waals surface area contributed by atoms with Gasteiger partial charge in [0.15, 0.2) is 5.82 Å². The van der Waals surface area contributed by atoms with E-state index in [0.29, 0.717) is 55.9 Å². The molecule has 0 saturated carbocycles. The number of halogens is 4. The zero-order chi connectivity index (χ0) is 36.0. The maximum Gasteiger partial charge on any atom is 0.416 e. The topological polar surface area (TPSA) is 132 Å². The minimum absolute atomic E-state index is 0.00193. The number of nitrogens with one attached hydrogen (secondary N) is 2. The SMILES string of the molecule is CCc1c(N2CCC(NC(=O)OC(C)(C)C)CC2)c(=O)n2nc(-c3ccc4c(c3)CCO4)nc2n1CC(=O)Nc1ccc(C(F)(F)F)cc1Cl. The first kappa shape index (κ1) is 35.1. The van der Waals surface area contributed by atoms with Crippen LogP contribution < -0.4 is 25.8 Å². The summed E-state index contributed by atoms with van der Waals surface area (Å²) >= 11 is 6.13. The highest BCUT2D eigenvalue weighted by Gasteiger charge is 2.32. The molecule has 0 radical (unpaired) electrons. The zero-order valence-corrected chi connectivity index (χ0v) is 28.7. The Morgan fingerprint density at radius 2 is 1.84 bits per heavy atom. The number of hydrogen-bond donors (Lipinski definition) is 2. The molecule has 2 amide bonds. The number of benzene rings is 2. The lowest BCUT2D eigenvalue weighted by Crippen LogP contribution is -2.48. The highest BCUT2D eigenvalue weighted by Crippen LogP contribution is 2.34. The number of fused-ring (bicyclic) bond motifs is 2. The van der Waals surface area contributed by atoms with Gasteiger partial charge in [0, 0.05) is 31.1 Å². The lowest BCUT2D eigenvalue weighted by molar-refractivity contribution is -0.137. The quantitative estimate of drug-likeness (QED) is 0.243. The third kappa shape index (κ3) is 7.37. The van der Waals surface area contributed by atoms with Gasteiger partial charge in [0.2, 0.25) is 11.7 Å². The first-order valence-electron chi connectivity index (χ1n) is 16.3. The lowest BCUT2D eigenvalue weighted by atomic mass is 10.0. The molecule has 2 aliphatic heterocycles. The van der Waals surface area contributed by atoms with E-state index in [0.717, 1.165) is 35.9 Å². The minimum atomic E-state index is -4.60. The zero-order valence-electron chi connectivity index (χ0n) is 28.0. The Bertz CT molecular complexity index is 2010. The fourth-order valence-corrected chi connectivity index (χ4v) is 6.45.